The Bertz CT molecular complexity index is 2010. The smallest absolute Gasteiger partial charge is 0.329 e. The zero-order valence-corrected chi connectivity index (χ0v) is 30.8. The molecule has 54 heavy (non-hydrogen) atoms. The Hall–Kier alpha value is -5.72. The number of hydrogen-bond donors (Lipinski definition) is 3. The number of hydrogen-bond acceptors (Lipinski definition) is 8. The van der Waals surface area contributed by atoms with Crippen LogP contribution in [0.5, 0.6) is 17.4 Å². The third-order valence-corrected chi connectivity index (χ3v) is 10.1. The van der Waals surface area contributed by atoms with Crippen LogP contribution < -0.4 is 24.8 Å². The number of allylic oxidation sites excluding steroid dienone is 2. The van der Waals surface area contributed by atoms with Crippen LogP contribution in [0, 0.1) is 12.7 Å². The van der Waals surface area contributed by atoms with Gasteiger partial charge < -0.3 is 34.9 Å². The van der Waals surface area contributed by atoms with Gasteiger partial charge in [0.25, 0.3) is 0 Å². The molecule has 12 nitrogen and oxygen atoms in total. The first-order valence-corrected chi connectivity index (χ1v) is 18.3. The lowest BCUT2D eigenvalue weighted by atomic mass is 9.85. The fraction of sp³-hybridized carbons (Fsp3) is 0.390. The Balaban J connectivity index is 1.35. The molecule has 3 heterocycles. The Kier molecular flexibility index (Phi) is 11.9. The third kappa shape index (κ3) is 8.56. The van der Waals surface area contributed by atoms with Gasteiger partial charge in [-0.3, -0.25) is 4.79 Å². The molecule has 1 saturated heterocycles. The molecule has 2 aliphatic heterocycles. The summed E-state index contributed by atoms with van der Waals surface area (Å²) in [4.78, 5) is 52.3. The highest BCUT2D eigenvalue weighted by atomic mass is 19.1. The summed E-state index contributed by atoms with van der Waals surface area (Å²) >= 11 is 0. The summed E-state index contributed by atoms with van der Waals surface area (Å²) in [5.74, 6) is -0.407. The highest BCUT2D eigenvalue weighted by Crippen LogP contribution is 2.35. The number of amides is 3. The fourth-order valence-corrected chi connectivity index (χ4v) is 7.11. The Morgan fingerprint density at radius 1 is 0.963 bits per heavy atom. The van der Waals surface area contributed by atoms with Crippen molar-refractivity contribution >= 4 is 28.8 Å². The number of halogens is 1. The number of urea groups is 1. The fourth-order valence-electron chi connectivity index (χ4n) is 7.11. The molecule has 3 unspecified atom stereocenters. The molecule has 1 aromatic heterocycles. The molecule has 3 N–H and O–H groups in total. The minimum Gasteiger partial charge on any atom is -0.497 e. The van der Waals surface area contributed by atoms with E-state index in [1.54, 1.807) is 62.8 Å². The molecule has 4 aromatic rings. The lowest BCUT2D eigenvalue weighted by Crippen LogP contribution is -2.60. The van der Waals surface area contributed by atoms with Crippen LogP contribution in [0.4, 0.5) is 9.18 Å². The number of nitrogens with zero attached hydrogens (tertiary/aromatic N) is 3. The molecular weight excluding hydrogens is 693 g/mol. The quantitative estimate of drug-likeness (QED) is 0.175. The predicted octanol–water partition coefficient (Wildman–Crippen LogP) is 6.39. The second-order valence-electron chi connectivity index (χ2n) is 13.8. The number of carboxylic acids is 1. The van der Waals surface area contributed by atoms with Gasteiger partial charge in [0.2, 0.25) is 11.8 Å². The molecule has 13 heteroatoms. The van der Waals surface area contributed by atoms with Crippen molar-refractivity contribution in [3.63, 3.8) is 0 Å². The monoisotopic (exact) mass is 739 g/mol. The van der Waals surface area contributed by atoms with E-state index in [9.17, 15) is 23.9 Å². The van der Waals surface area contributed by atoms with E-state index in [0.717, 1.165) is 31.2 Å². The molecule has 0 saturated carbocycles. The molecule has 6 rings (SSSR count). The Morgan fingerprint density at radius 3 is 2.44 bits per heavy atom. The predicted molar refractivity (Wildman–Crippen MR) is 201 cm³/mol. The third-order valence-electron chi connectivity index (χ3n) is 10.1. The van der Waals surface area contributed by atoms with Crippen LogP contribution in [-0.4, -0.2) is 82.9 Å². The van der Waals surface area contributed by atoms with E-state index >= 15 is 0 Å². The van der Waals surface area contributed by atoms with Crippen molar-refractivity contribution < 1.29 is 38.1 Å². The number of benzene rings is 3. The maximum atomic E-state index is 14.4. The number of carboxylic acid groups (broad SMARTS) is 1. The van der Waals surface area contributed by atoms with Crippen LogP contribution in [0.3, 0.4) is 0 Å². The van der Waals surface area contributed by atoms with Gasteiger partial charge in [-0.15, -0.1) is 0 Å². The first-order chi connectivity index (χ1) is 26.1. The second-order valence-corrected chi connectivity index (χ2v) is 13.8. The number of methoxy groups -OCH3 is 2. The first-order valence-electron chi connectivity index (χ1n) is 18.3. The van der Waals surface area contributed by atoms with E-state index in [1.165, 1.54) is 17.0 Å². The van der Waals surface area contributed by atoms with E-state index in [2.05, 4.69) is 10.6 Å². The van der Waals surface area contributed by atoms with Crippen molar-refractivity contribution in [1.29, 1.82) is 0 Å². The molecule has 3 atom stereocenters. The number of aromatic nitrogens is 2. The summed E-state index contributed by atoms with van der Waals surface area (Å²) in [6.07, 6.45) is 7.42. The van der Waals surface area contributed by atoms with Crippen LogP contribution in [0.1, 0.15) is 56.1 Å². The number of aryl methyl sites for hydroxylation is 1. The zero-order valence-electron chi connectivity index (χ0n) is 30.8. The summed E-state index contributed by atoms with van der Waals surface area (Å²) in [5.41, 5.74) is 0.916. The number of ether oxygens (including phenoxy) is 3. The van der Waals surface area contributed by atoms with Gasteiger partial charge in [-0.25, -0.2) is 19.0 Å². The number of rotatable bonds is 8. The van der Waals surface area contributed by atoms with E-state index < -0.39 is 41.4 Å². The standard InChI is InChI=1S/C41H46FN5O7/c1-26-34(53-3)20-19-32-35(26)44-36(28-13-15-29(42)16-14-28)45-38(32)54-31-23-33-37(48)46-41(39(49)50,24-27-11-17-30(52-2)18-12-27)21-9-7-5-4-6-8-10-22-43-40(51)47(33)25-31/h5,7,11-20,31,33H,4,6,8-10,21-25H2,1-3H3,(H,43,51)(H,46,48)(H,49,50). The molecule has 0 spiro atoms. The van der Waals surface area contributed by atoms with Gasteiger partial charge in [0.05, 0.1) is 31.7 Å². The largest absolute Gasteiger partial charge is 0.497 e. The number of carbonyl (C=O) groups excluding carboxylic acids is 2. The van der Waals surface area contributed by atoms with Crippen molar-refractivity contribution in [2.75, 3.05) is 27.3 Å². The molecule has 284 valence electrons. The van der Waals surface area contributed by atoms with Crippen LogP contribution in [-0.2, 0) is 16.0 Å². The number of fused-ring (bicyclic) bond motifs is 2. The van der Waals surface area contributed by atoms with E-state index in [0.29, 0.717) is 52.3 Å². The summed E-state index contributed by atoms with van der Waals surface area (Å²) in [6.45, 7) is 2.33. The van der Waals surface area contributed by atoms with Gasteiger partial charge in [0.15, 0.2) is 5.82 Å². The van der Waals surface area contributed by atoms with Gasteiger partial charge in [0.1, 0.15) is 35.0 Å². The molecule has 0 radical (unpaired) electrons. The van der Waals surface area contributed by atoms with Crippen molar-refractivity contribution in [2.45, 2.75) is 76.0 Å². The molecular formula is C41H46FN5O7. The van der Waals surface area contributed by atoms with Crippen LogP contribution in [0.2, 0.25) is 0 Å². The molecule has 0 aliphatic carbocycles. The first kappa shape index (κ1) is 38.0. The lowest BCUT2D eigenvalue weighted by molar-refractivity contribution is -0.148. The SMILES string of the molecule is COc1ccc(CC2(C(=O)O)CCC=CCCCCCNC(=O)N3CC(Oc4nc(-c5ccc(F)cc5)nc5c(C)c(OC)ccc45)CC3C(=O)N2)cc1. The van der Waals surface area contributed by atoms with Crippen molar-refractivity contribution in [3.05, 3.63) is 89.8 Å². The molecule has 2 aliphatic rings. The summed E-state index contributed by atoms with van der Waals surface area (Å²) in [5, 5.41) is 17.2. The second kappa shape index (κ2) is 17.0. The maximum absolute atomic E-state index is 14.4. The van der Waals surface area contributed by atoms with Crippen molar-refractivity contribution in [3.8, 4) is 28.8 Å². The lowest BCUT2D eigenvalue weighted by Gasteiger charge is -2.33. The van der Waals surface area contributed by atoms with Crippen LogP contribution in [0.15, 0.2) is 72.8 Å². The topological polar surface area (TPSA) is 152 Å². The molecule has 0 bridgehead atoms. The number of nitrogens with one attached hydrogen (secondary N) is 2. The van der Waals surface area contributed by atoms with E-state index in [1.807, 2.05) is 19.1 Å². The summed E-state index contributed by atoms with van der Waals surface area (Å²) < 4.78 is 31.3. The van der Waals surface area contributed by atoms with Crippen molar-refractivity contribution in [2.24, 2.45) is 0 Å². The van der Waals surface area contributed by atoms with Gasteiger partial charge in [-0.2, -0.15) is 4.98 Å². The van der Waals surface area contributed by atoms with E-state index in [-0.39, 0.29) is 31.7 Å². The van der Waals surface area contributed by atoms with Gasteiger partial charge in [0, 0.05) is 30.5 Å². The normalized spacial score (nSPS) is 21.2. The highest BCUT2D eigenvalue weighted by Gasteiger charge is 2.46. The van der Waals surface area contributed by atoms with Gasteiger partial charge in [-0.05, 0) is 93.1 Å². The average Bonchev–Trinajstić information content (AvgIpc) is 3.60. The molecule has 1 fully saturated rings. The minimum atomic E-state index is -1.67. The van der Waals surface area contributed by atoms with Gasteiger partial charge in [-0.1, -0.05) is 30.7 Å². The summed E-state index contributed by atoms with van der Waals surface area (Å²) in [6, 6.07) is 15.0. The highest BCUT2D eigenvalue weighted by molar-refractivity contribution is 5.93. The number of carbonyl (C=O) groups is 3. The molecule has 3 amide bonds. The Morgan fingerprint density at radius 2 is 1.72 bits per heavy atom. The minimum absolute atomic E-state index is 0.0205. The molecule has 3 aromatic carbocycles. The van der Waals surface area contributed by atoms with Gasteiger partial charge >= 0.3 is 12.0 Å². The van der Waals surface area contributed by atoms with Crippen LogP contribution in [0.25, 0.3) is 22.3 Å². The Labute approximate surface area is 313 Å². The average molecular weight is 740 g/mol. The summed E-state index contributed by atoms with van der Waals surface area (Å²) in [7, 11) is 3.12. The van der Waals surface area contributed by atoms with Crippen LogP contribution >= 0.6 is 0 Å². The zero-order chi connectivity index (χ0) is 38.2. The van der Waals surface area contributed by atoms with Crippen molar-refractivity contribution in [1.82, 2.24) is 25.5 Å². The maximum Gasteiger partial charge on any atom is 0.329 e. The van der Waals surface area contributed by atoms with E-state index in [4.69, 9.17) is 24.2 Å². The number of aliphatic carboxylic acids is 1.